The second-order valence-corrected chi connectivity index (χ2v) is 5.29. The summed E-state index contributed by atoms with van der Waals surface area (Å²) < 4.78 is 5.27. The summed E-state index contributed by atoms with van der Waals surface area (Å²) >= 11 is 5.57. The molecule has 4 nitrogen and oxygen atoms in total. The minimum absolute atomic E-state index is 0.0413. The smallest absolute Gasteiger partial charge is 0.328 e. The lowest BCUT2D eigenvalue weighted by atomic mass is 10.2. The van der Waals surface area contributed by atoms with Crippen LogP contribution in [0.5, 0.6) is 0 Å². The maximum absolute atomic E-state index is 11.9. The minimum Gasteiger partial charge on any atom is -0.464 e. The standard InChI is InChI=1S/C14H24ClNO3/c1-2-3-4-5-11-19-14(18)12-7-6-10-16(12)13(17)8-9-15/h12H,2-11H2,1H3. The van der Waals surface area contributed by atoms with Crippen molar-refractivity contribution in [2.75, 3.05) is 19.0 Å². The Bertz CT molecular complexity index is 296. The molecule has 1 heterocycles. The van der Waals surface area contributed by atoms with Crippen molar-refractivity contribution in [1.29, 1.82) is 0 Å². The zero-order chi connectivity index (χ0) is 14.1. The fourth-order valence-electron chi connectivity index (χ4n) is 2.33. The molecule has 0 aromatic carbocycles. The molecule has 0 spiro atoms. The van der Waals surface area contributed by atoms with E-state index in [1.54, 1.807) is 4.90 Å². The third kappa shape index (κ3) is 5.39. The number of halogens is 1. The van der Waals surface area contributed by atoms with Crippen LogP contribution < -0.4 is 0 Å². The molecule has 110 valence electrons. The summed E-state index contributed by atoms with van der Waals surface area (Å²) in [4.78, 5) is 25.4. The first-order valence-corrected chi connectivity index (χ1v) is 7.76. The van der Waals surface area contributed by atoms with Gasteiger partial charge in [-0.2, -0.15) is 0 Å². The molecule has 0 aromatic heterocycles. The van der Waals surface area contributed by atoms with Gasteiger partial charge in [-0.05, 0) is 19.3 Å². The van der Waals surface area contributed by atoms with Gasteiger partial charge in [-0.1, -0.05) is 26.2 Å². The molecule has 19 heavy (non-hydrogen) atoms. The van der Waals surface area contributed by atoms with Gasteiger partial charge in [0.25, 0.3) is 0 Å². The molecule has 0 bridgehead atoms. The summed E-state index contributed by atoms with van der Waals surface area (Å²) in [7, 11) is 0. The number of unbranched alkanes of at least 4 members (excludes halogenated alkanes) is 3. The number of nitrogens with zero attached hydrogens (tertiary/aromatic N) is 1. The molecule has 1 aliphatic heterocycles. The number of carbonyl (C=O) groups excluding carboxylic acids is 2. The third-order valence-electron chi connectivity index (χ3n) is 3.40. The van der Waals surface area contributed by atoms with E-state index in [-0.39, 0.29) is 17.9 Å². The molecule has 0 saturated carbocycles. The number of amides is 1. The van der Waals surface area contributed by atoms with Gasteiger partial charge in [0.05, 0.1) is 6.61 Å². The van der Waals surface area contributed by atoms with Crippen molar-refractivity contribution in [3.05, 3.63) is 0 Å². The number of esters is 1. The van der Waals surface area contributed by atoms with Gasteiger partial charge in [-0.25, -0.2) is 4.79 Å². The molecule has 1 unspecified atom stereocenters. The van der Waals surface area contributed by atoms with Crippen molar-refractivity contribution in [1.82, 2.24) is 4.90 Å². The van der Waals surface area contributed by atoms with Crippen LogP contribution in [-0.4, -0.2) is 41.8 Å². The van der Waals surface area contributed by atoms with E-state index in [0.717, 1.165) is 25.7 Å². The van der Waals surface area contributed by atoms with Gasteiger partial charge >= 0.3 is 5.97 Å². The molecule has 1 amide bonds. The predicted molar refractivity (Wildman–Crippen MR) is 75.2 cm³/mol. The Kier molecular flexibility index (Phi) is 7.87. The Balaban J connectivity index is 2.31. The topological polar surface area (TPSA) is 46.6 Å². The highest BCUT2D eigenvalue weighted by Gasteiger charge is 2.34. The average Bonchev–Trinajstić information content (AvgIpc) is 2.88. The quantitative estimate of drug-likeness (QED) is 0.392. The van der Waals surface area contributed by atoms with Crippen LogP contribution in [0.3, 0.4) is 0 Å². The Morgan fingerprint density at radius 3 is 2.79 bits per heavy atom. The zero-order valence-electron chi connectivity index (χ0n) is 11.7. The molecule has 5 heteroatoms. The van der Waals surface area contributed by atoms with Gasteiger partial charge in [-0.3, -0.25) is 4.79 Å². The predicted octanol–water partition coefficient (Wildman–Crippen LogP) is 2.73. The van der Waals surface area contributed by atoms with Crippen LogP contribution in [0.2, 0.25) is 0 Å². The first kappa shape index (κ1) is 16.3. The number of hydrogen-bond donors (Lipinski definition) is 0. The molecule has 0 radical (unpaired) electrons. The molecule has 0 aromatic rings. The molecule has 1 aliphatic rings. The fourth-order valence-corrected chi connectivity index (χ4v) is 2.49. The van der Waals surface area contributed by atoms with Crippen LogP contribution in [-0.2, 0) is 14.3 Å². The zero-order valence-corrected chi connectivity index (χ0v) is 12.5. The van der Waals surface area contributed by atoms with Gasteiger partial charge in [0.2, 0.25) is 5.91 Å². The van der Waals surface area contributed by atoms with E-state index in [9.17, 15) is 9.59 Å². The molecule has 1 saturated heterocycles. The third-order valence-corrected chi connectivity index (χ3v) is 3.58. The molecular formula is C14H24ClNO3. The molecule has 1 atom stereocenters. The monoisotopic (exact) mass is 289 g/mol. The highest BCUT2D eigenvalue weighted by Crippen LogP contribution is 2.19. The van der Waals surface area contributed by atoms with Gasteiger partial charge < -0.3 is 9.64 Å². The van der Waals surface area contributed by atoms with Crippen LogP contribution in [0.4, 0.5) is 0 Å². The first-order valence-electron chi connectivity index (χ1n) is 7.22. The Morgan fingerprint density at radius 1 is 1.32 bits per heavy atom. The molecule has 1 rings (SSSR count). The molecule has 0 aliphatic carbocycles. The maximum atomic E-state index is 11.9. The minimum atomic E-state index is -0.387. The summed E-state index contributed by atoms with van der Waals surface area (Å²) in [6.07, 6.45) is 6.19. The number of carbonyl (C=O) groups is 2. The van der Waals surface area contributed by atoms with Crippen LogP contribution in [0.1, 0.15) is 51.9 Å². The molecular weight excluding hydrogens is 266 g/mol. The van der Waals surface area contributed by atoms with E-state index >= 15 is 0 Å². The summed E-state index contributed by atoms with van der Waals surface area (Å²) in [5, 5.41) is 0. The summed E-state index contributed by atoms with van der Waals surface area (Å²) in [6, 6.07) is -0.387. The van der Waals surface area contributed by atoms with E-state index in [1.807, 2.05) is 0 Å². The van der Waals surface area contributed by atoms with Crippen LogP contribution in [0, 0.1) is 0 Å². The number of ether oxygens (including phenoxy) is 1. The van der Waals surface area contributed by atoms with Crippen LogP contribution >= 0.6 is 11.6 Å². The van der Waals surface area contributed by atoms with Crippen LogP contribution in [0.15, 0.2) is 0 Å². The second kappa shape index (κ2) is 9.18. The Labute approximate surface area is 120 Å². The SMILES string of the molecule is CCCCCCOC(=O)C1CCCN1C(=O)CCCl. The van der Waals surface area contributed by atoms with Crippen molar-refractivity contribution < 1.29 is 14.3 Å². The highest BCUT2D eigenvalue weighted by atomic mass is 35.5. The number of alkyl halides is 1. The Hall–Kier alpha value is -0.770. The van der Waals surface area contributed by atoms with Gasteiger partial charge in [0.1, 0.15) is 6.04 Å². The lowest BCUT2D eigenvalue weighted by Gasteiger charge is -2.23. The van der Waals surface area contributed by atoms with Crippen molar-refractivity contribution in [2.24, 2.45) is 0 Å². The van der Waals surface area contributed by atoms with E-state index in [0.29, 0.717) is 31.9 Å². The lowest BCUT2D eigenvalue weighted by molar-refractivity contribution is -0.153. The normalized spacial score (nSPS) is 18.6. The second-order valence-electron chi connectivity index (χ2n) is 4.91. The van der Waals surface area contributed by atoms with Crippen molar-refractivity contribution in [2.45, 2.75) is 57.9 Å². The molecule has 0 N–H and O–H groups in total. The van der Waals surface area contributed by atoms with Crippen molar-refractivity contribution in [3.63, 3.8) is 0 Å². The lowest BCUT2D eigenvalue weighted by Crippen LogP contribution is -2.41. The fraction of sp³-hybridized carbons (Fsp3) is 0.857. The van der Waals surface area contributed by atoms with Gasteiger partial charge in [-0.15, -0.1) is 11.6 Å². The number of hydrogen-bond acceptors (Lipinski definition) is 3. The van der Waals surface area contributed by atoms with Crippen molar-refractivity contribution >= 4 is 23.5 Å². The molecule has 1 fully saturated rings. The summed E-state index contributed by atoms with van der Waals surface area (Å²) in [5.41, 5.74) is 0. The number of likely N-dealkylation sites (tertiary alicyclic amines) is 1. The largest absolute Gasteiger partial charge is 0.464 e. The highest BCUT2D eigenvalue weighted by molar-refractivity contribution is 6.18. The van der Waals surface area contributed by atoms with Gasteiger partial charge in [0, 0.05) is 18.8 Å². The van der Waals surface area contributed by atoms with E-state index in [2.05, 4.69) is 6.92 Å². The van der Waals surface area contributed by atoms with Gasteiger partial charge in [0.15, 0.2) is 0 Å². The Morgan fingerprint density at radius 2 is 2.11 bits per heavy atom. The van der Waals surface area contributed by atoms with E-state index in [4.69, 9.17) is 16.3 Å². The van der Waals surface area contributed by atoms with Crippen LogP contribution in [0.25, 0.3) is 0 Å². The number of rotatable bonds is 8. The van der Waals surface area contributed by atoms with E-state index in [1.165, 1.54) is 6.42 Å². The summed E-state index contributed by atoms with van der Waals surface area (Å²) in [6.45, 7) is 3.25. The average molecular weight is 290 g/mol. The summed E-state index contributed by atoms with van der Waals surface area (Å²) in [5.74, 6) is 0.00560. The van der Waals surface area contributed by atoms with Crippen molar-refractivity contribution in [3.8, 4) is 0 Å². The maximum Gasteiger partial charge on any atom is 0.328 e. The first-order chi connectivity index (χ1) is 9.20. The van der Waals surface area contributed by atoms with E-state index < -0.39 is 0 Å².